The van der Waals surface area contributed by atoms with Crippen molar-refractivity contribution in [2.75, 3.05) is 18.5 Å². The summed E-state index contributed by atoms with van der Waals surface area (Å²) in [6, 6.07) is 7.48. The molecule has 1 aliphatic heterocycles. The normalized spacial score (nSPS) is 18.7. The van der Waals surface area contributed by atoms with Crippen molar-refractivity contribution in [1.29, 1.82) is 0 Å². The third-order valence-electron chi connectivity index (χ3n) is 3.69. The van der Waals surface area contributed by atoms with Crippen LogP contribution in [-0.4, -0.2) is 36.6 Å². The largest absolute Gasteiger partial charge is 0.478 e. The second kappa shape index (κ2) is 6.92. The quantitative estimate of drug-likeness (QED) is 0.830. The van der Waals surface area contributed by atoms with E-state index in [-0.39, 0.29) is 11.9 Å². The Morgan fingerprint density at radius 3 is 2.62 bits per heavy atom. The number of benzene rings is 1. The molecule has 1 fully saturated rings. The third-order valence-corrected chi connectivity index (χ3v) is 3.69. The molecule has 1 saturated heterocycles. The highest BCUT2D eigenvalue weighted by Gasteiger charge is 2.27. The van der Waals surface area contributed by atoms with Crippen molar-refractivity contribution in [3.63, 3.8) is 0 Å². The molecule has 0 aromatic heterocycles. The van der Waals surface area contributed by atoms with Gasteiger partial charge < -0.3 is 15.3 Å². The first-order chi connectivity index (χ1) is 10.1. The molecular weight excluding hydrogens is 268 g/mol. The Balaban J connectivity index is 2.16. The van der Waals surface area contributed by atoms with E-state index in [9.17, 15) is 9.59 Å². The van der Waals surface area contributed by atoms with Gasteiger partial charge in [-0.25, -0.2) is 4.79 Å². The number of carboxylic acid groups (broad SMARTS) is 1. The molecule has 2 N–H and O–H groups in total. The highest BCUT2D eigenvalue weighted by molar-refractivity contribution is 5.86. The Morgan fingerprint density at radius 2 is 2.00 bits per heavy atom. The molecule has 112 valence electrons. The maximum atomic E-state index is 12.0. The van der Waals surface area contributed by atoms with Gasteiger partial charge in [-0.15, -0.1) is 0 Å². The fourth-order valence-corrected chi connectivity index (χ4v) is 2.62. The van der Waals surface area contributed by atoms with E-state index in [1.807, 2.05) is 24.3 Å². The van der Waals surface area contributed by atoms with E-state index >= 15 is 0 Å². The number of nitrogens with zero attached hydrogens (tertiary/aromatic N) is 1. The molecule has 2 rings (SSSR count). The standard InChI is InChI=1S/C16H20N2O3/c1-17-16(21)14-4-2-3-11-18(14)13-8-5-12(6-9-13)7-10-15(19)20/h5-10,14H,2-4,11H2,1H3,(H,17,21)(H,19,20). The second-order valence-electron chi connectivity index (χ2n) is 5.08. The predicted octanol–water partition coefficient (Wildman–Crippen LogP) is 1.89. The second-order valence-corrected chi connectivity index (χ2v) is 5.08. The monoisotopic (exact) mass is 288 g/mol. The van der Waals surface area contributed by atoms with Crippen LogP contribution in [0.25, 0.3) is 6.08 Å². The molecule has 21 heavy (non-hydrogen) atoms. The first-order valence-electron chi connectivity index (χ1n) is 7.11. The topological polar surface area (TPSA) is 69.6 Å². The van der Waals surface area contributed by atoms with Gasteiger partial charge in [0.1, 0.15) is 6.04 Å². The van der Waals surface area contributed by atoms with Gasteiger partial charge in [0.2, 0.25) is 5.91 Å². The van der Waals surface area contributed by atoms with Gasteiger partial charge in [-0.05, 0) is 43.0 Å². The number of rotatable bonds is 4. The van der Waals surface area contributed by atoms with Gasteiger partial charge >= 0.3 is 5.97 Å². The fraction of sp³-hybridized carbons (Fsp3) is 0.375. The van der Waals surface area contributed by atoms with Crippen LogP contribution in [-0.2, 0) is 9.59 Å². The molecule has 1 unspecified atom stereocenters. The van der Waals surface area contributed by atoms with E-state index in [2.05, 4.69) is 10.2 Å². The zero-order valence-corrected chi connectivity index (χ0v) is 12.1. The molecule has 0 aliphatic carbocycles. The molecule has 5 heteroatoms. The van der Waals surface area contributed by atoms with Crippen molar-refractivity contribution in [3.8, 4) is 0 Å². The van der Waals surface area contributed by atoms with E-state index in [1.165, 1.54) is 0 Å². The number of anilines is 1. The Morgan fingerprint density at radius 1 is 1.29 bits per heavy atom. The van der Waals surface area contributed by atoms with Crippen LogP contribution in [0, 0.1) is 0 Å². The van der Waals surface area contributed by atoms with Gasteiger partial charge in [-0.2, -0.15) is 0 Å². The zero-order chi connectivity index (χ0) is 15.2. The van der Waals surface area contributed by atoms with Crippen molar-refractivity contribution in [2.24, 2.45) is 0 Å². The van der Waals surface area contributed by atoms with E-state index in [0.717, 1.165) is 43.1 Å². The van der Waals surface area contributed by atoms with Crippen LogP contribution in [0.2, 0.25) is 0 Å². The van der Waals surface area contributed by atoms with E-state index in [4.69, 9.17) is 5.11 Å². The average Bonchev–Trinajstić information content (AvgIpc) is 2.52. The average molecular weight is 288 g/mol. The minimum atomic E-state index is -0.963. The molecule has 1 aromatic rings. The van der Waals surface area contributed by atoms with Crippen molar-refractivity contribution < 1.29 is 14.7 Å². The SMILES string of the molecule is CNC(=O)C1CCCCN1c1ccc(C=CC(=O)O)cc1. The number of nitrogens with one attached hydrogen (secondary N) is 1. The molecule has 0 bridgehead atoms. The summed E-state index contributed by atoms with van der Waals surface area (Å²) in [5, 5.41) is 11.3. The molecule has 1 amide bonds. The lowest BCUT2D eigenvalue weighted by atomic mass is 10.00. The molecule has 0 saturated carbocycles. The van der Waals surface area contributed by atoms with Gasteiger partial charge in [0, 0.05) is 25.4 Å². The number of carbonyl (C=O) groups excluding carboxylic acids is 1. The molecule has 1 atom stereocenters. The van der Waals surface area contributed by atoms with Crippen molar-refractivity contribution in [3.05, 3.63) is 35.9 Å². The van der Waals surface area contributed by atoms with E-state index in [1.54, 1.807) is 13.1 Å². The summed E-state index contributed by atoms with van der Waals surface area (Å²) >= 11 is 0. The number of aliphatic carboxylic acids is 1. The third kappa shape index (κ3) is 3.84. The summed E-state index contributed by atoms with van der Waals surface area (Å²) in [7, 11) is 1.66. The summed E-state index contributed by atoms with van der Waals surface area (Å²) in [5.74, 6) is -0.917. The lowest BCUT2D eigenvalue weighted by molar-refractivity contribution is -0.131. The van der Waals surface area contributed by atoms with Crippen molar-refractivity contribution in [2.45, 2.75) is 25.3 Å². The Hall–Kier alpha value is -2.30. The molecular formula is C16H20N2O3. The fourth-order valence-electron chi connectivity index (χ4n) is 2.62. The number of amides is 1. The molecule has 0 radical (unpaired) electrons. The van der Waals surface area contributed by atoms with Gasteiger partial charge in [0.25, 0.3) is 0 Å². The van der Waals surface area contributed by atoms with Crippen LogP contribution in [0.1, 0.15) is 24.8 Å². The van der Waals surface area contributed by atoms with Crippen LogP contribution in [0.3, 0.4) is 0 Å². The molecule has 0 spiro atoms. The van der Waals surface area contributed by atoms with Crippen LogP contribution < -0.4 is 10.2 Å². The highest BCUT2D eigenvalue weighted by Crippen LogP contribution is 2.25. The summed E-state index contributed by atoms with van der Waals surface area (Å²) in [4.78, 5) is 24.6. The number of likely N-dealkylation sites (N-methyl/N-ethyl adjacent to an activating group) is 1. The van der Waals surface area contributed by atoms with E-state index in [0.29, 0.717) is 0 Å². The smallest absolute Gasteiger partial charge is 0.328 e. The van der Waals surface area contributed by atoms with Gasteiger partial charge in [-0.3, -0.25) is 4.79 Å². The first kappa shape index (κ1) is 15.1. The number of piperidine rings is 1. The van der Waals surface area contributed by atoms with Gasteiger partial charge in [-0.1, -0.05) is 12.1 Å². The predicted molar refractivity (Wildman–Crippen MR) is 82.2 cm³/mol. The molecule has 5 nitrogen and oxygen atoms in total. The number of carbonyl (C=O) groups is 2. The summed E-state index contributed by atoms with van der Waals surface area (Å²) in [6.07, 6.45) is 5.67. The van der Waals surface area contributed by atoms with Crippen molar-refractivity contribution >= 4 is 23.6 Å². The van der Waals surface area contributed by atoms with E-state index < -0.39 is 5.97 Å². The Labute approximate surface area is 124 Å². The maximum Gasteiger partial charge on any atom is 0.328 e. The lowest BCUT2D eigenvalue weighted by Gasteiger charge is -2.36. The van der Waals surface area contributed by atoms with Crippen LogP contribution in [0.5, 0.6) is 0 Å². The van der Waals surface area contributed by atoms with Gasteiger partial charge in [0.05, 0.1) is 0 Å². The molecule has 1 aliphatic rings. The highest BCUT2D eigenvalue weighted by atomic mass is 16.4. The Kier molecular flexibility index (Phi) is 4.98. The van der Waals surface area contributed by atoms with Crippen LogP contribution in [0.15, 0.2) is 30.3 Å². The summed E-state index contributed by atoms with van der Waals surface area (Å²) < 4.78 is 0. The first-order valence-corrected chi connectivity index (χ1v) is 7.11. The summed E-state index contributed by atoms with van der Waals surface area (Å²) in [6.45, 7) is 0.863. The number of hydrogen-bond donors (Lipinski definition) is 2. The minimum absolute atomic E-state index is 0.0459. The van der Waals surface area contributed by atoms with Crippen LogP contribution in [0.4, 0.5) is 5.69 Å². The molecule has 1 heterocycles. The minimum Gasteiger partial charge on any atom is -0.478 e. The molecule has 1 aromatic carbocycles. The number of hydrogen-bond acceptors (Lipinski definition) is 3. The maximum absolute atomic E-state index is 12.0. The van der Waals surface area contributed by atoms with Crippen LogP contribution >= 0.6 is 0 Å². The van der Waals surface area contributed by atoms with Crippen molar-refractivity contribution in [1.82, 2.24) is 5.32 Å². The lowest BCUT2D eigenvalue weighted by Crippen LogP contribution is -2.48. The Bertz CT molecular complexity index is 537. The number of carboxylic acids is 1. The zero-order valence-electron chi connectivity index (χ0n) is 12.1. The summed E-state index contributed by atoms with van der Waals surface area (Å²) in [5.41, 5.74) is 1.82. The van der Waals surface area contributed by atoms with Gasteiger partial charge in [0.15, 0.2) is 0 Å².